The molecule has 0 aliphatic heterocycles. The zero-order chi connectivity index (χ0) is 10.3. The van der Waals surface area contributed by atoms with Gasteiger partial charge in [0.1, 0.15) is 10.5 Å². The standard InChI is InChI=1S/C8H4FNO2S2/c9-7-4-1-2-14-8(4)5(10(11)12)3-6(7)13/h1-3,13H. The minimum Gasteiger partial charge on any atom is -0.258 e. The van der Waals surface area contributed by atoms with Gasteiger partial charge >= 0.3 is 0 Å². The van der Waals surface area contributed by atoms with Crippen molar-refractivity contribution in [3.8, 4) is 0 Å². The number of hydrogen-bond donors (Lipinski definition) is 1. The van der Waals surface area contributed by atoms with Crippen molar-refractivity contribution < 1.29 is 9.31 Å². The Labute approximate surface area is 87.7 Å². The first-order chi connectivity index (χ1) is 6.61. The SMILES string of the molecule is O=[N+]([O-])c1cc(S)c(F)c2ccsc12. The lowest BCUT2D eigenvalue weighted by Crippen LogP contribution is -1.90. The topological polar surface area (TPSA) is 43.1 Å². The van der Waals surface area contributed by atoms with E-state index in [1.807, 2.05) is 0 Å². The van der Waals surface area contributed by atoms with Gasteiger partial charge in [-0.1, -0.05) is 0 Å². The molecule has 6 heteroatoms. The molecule has 3 nitrogen and oxygen atoms in total. The smallest absolute Gasteiger partial charge is 0.258 e. The maximum Gasteiger partial charge on any atom is 0.288 e. The van der Waals surface area contributed by atoms with Crippen molar-refractivity contribution in [2.75, 3.05) is 0 Å². The minimum atomic E-state index is -0.530. The fourth-order valence-corrected chi connectivity index (χ4v) is 2.33. The van der Waals surface area contributed by atoms with E-state index < -0.39 is 10.7 Å². The van der Waals surface area contributed by atoms with Crippen LogP contribution < -0.4 is 0 Å². The zero-order valence-electron chi connectivity index (χ0n) is 6.73. The molecule has 1 aromatic heterocycles. The van der Waals surface area contributed by atoms with Crippen LogP contribution in [0.25, 0.3) is 10.1 Å². The molecule has 0 aliphatic rings. The number of hydrogen-bond acceptors (Lipinski definition) is 4. The molecule has 0 saturated carbocycles. The zero-order valence-corrected chi connectivity index (χ0v) is 8.44. The van der Waals surface area contributed by atoms with Crippen molar-refractivity contribution in [2.45, 2.75) is 4.90 Å². The summed E-state index contributed by atoms with van der Waals surface area (Å²) in [5.74, 6) is -0.504. The number of rotatable bonds is 1. The molecule has 0 atom stereocenters. The third kappa shape index (κ3) is 1.27. The Kier molecular flexibility index (Phi) is 2.16. The average Bonchev–Trinajstić information content (AvgIpc) is 2.59. The number of fused-ring (bicyclic) bond motifs is 1. The molecule has 0 unspecified atom stereocenters. The number of nitrogens with zero attached hydrogens (tertiary/aromatic N) is 1. The van der Waals surface area contributed by atoms with Gasteiger partial charge in [-0.25, -0.2) is 4.39 Å². The number of thiol groups is 1. The Morgan fingerprint density at radius 3 is 2.93 bits per heavy atom. The van der Waals surface area contributed by atoms with Crippen molar-refractivity contribution in [3.63, 3.8) is 0 Å². The van der Waals surface area contributed by atoms with E-state index in [0.29, 0.717) is 4.70 Å². The molecule has 0 saturated heterocycles. The van der Waals surface area contributed by atoms with Gasteiger partial charge in [-0.3, -0.25) is 10.1 Å². The second kappa shape index (κ2) is 3.21. The van der Waals surface area contributed by atoms with Crippen LogP contribution in [0.3, 0.4) is 0 Å². The summed E-state index contributed by atoms with van der Waals surface area (Å²) < 4.78 is 13.7. The molecule has 2 aromatic rings. The number of thiophene rings is 1. The number of non-ortho nitro benzene ring substituents is 1. The molecule has 2 rings (SSSR count). The van der Waals surface area contributed by atoms with E-state index >= 15 is 0 Å². The lowest BCUT2D eigenvalue weighted by atomic mass is 10.2. The molecule has 0 fully saturated rings. The number of benzene rings is 1. The van der Waals surface area contributed by atoms with Gasteiger partial charge in [0.05, 0.1) is 4.92 Å². The first-order valence-electron chi connectivity index (χ1n) is 3.64. The van der Waals surface area contributed by atoms with Crippen LogP contribution in [0.4, 0.5) is 10.1 Å². The molecular weight excluding hydrogens is 225 g/mol. The van der Waals surface area contributed by atoms with Crippen LogP contribution in [0.5, 0.6) is 0 Å². The van der Waals surface area contributed by atoms with Crippen molar-refractivity contribution in [1.29, 1.82) is 0 Å². The van der Waals surface area contributed by atoms with Crippen molar-refractivity contribution >= 4 is 39.7 Å². The largest absolute Gasteiger partial charge is 0.288 e. The Balaban J connectivity index is 2.91. The van der Waals surface area contributed by atoms with E-state index in [-0.39, 0.29) is 16.0 Å². The Morgan fingerprint density at radius 2 is 2.29 bits per heavy atom. The van der Waals surface area contributed by atoms with Gasteiger partial charge in [-0.2, -0.15) is 0 Å². The lowest BCUT2D eigenvalue weighted by Gasteiger charge is -1.98. The van der Waals surface area contributed by atoms with E-state index in [1.165, 1.54) is 6.07 Å². The maximum atomic E-state index is 13.4. The predicted molar refractivity (Wildman–Crippen MR) is 55.7 cm³/mol. The minimum absolute atomic E-state index is 0.00241. The van der Waals surface area contributed by atoms with Crippen LogP contribution in [0.1, 0.15) is 0 Å². The second-order valence-electron chi connectivity index (χ2n) is 2.65. The molecule has 0 aliphatic carbocycles. The third-order valence-corrected chi connectivity index (χ3v) is 3.09. The highest BCUT2D eigenvalue weighted by molar-refractivity contribution is 7.80. The fraction of sp³-hybridized carbons (Fsp3) is 0. The van der Waals surface area contributed by atoms with Crippen LogP contribution in [0.15, 0.2) is 22.4 Å². The molecule has 1 heterocycles. The van der Waals surface area contributed by atoms with Crippen LogP contribution in [0.2, 0.25) is 0 Å². The van der Waals surface area contributed by atoms with E-state index in [4.69, 9.17) is 0 Å². The summed E-state index contributed by atoms with van der Waals surface area (Å²) in [6, 6.07) is 2.65. The van der Waals surface area contributed by atoms with E-state index in [9.17, 15) is 14.5 Å². The summed E-state index contributed by atoms with van der Waals surface area (Å²) in [5, 5.41) is 12.5. The molecule has 1 aromatic carbocycles. The molecule has 0 radical (unpaired) electrons. The normalized spacial score (nSPS) is 10.7. The number of nitro groups is 1. The summed E-state index contributed by atoms with van der Waals surface area (Å²) in [7, 11) is 0. The van der Waals surface area contributed by atoms with Crippen molar-refractivity contribution in [1.82, 2.24) is 0 Å². The summed E-state index contributed by atoms with van der Waals surface area (Å²) in [5.41, 5.74) is -0.0959. The first-order valence-corrected chi connectivity index (χ1v) is 4.97. The van der Waals surface area contributed by atoms with Gasteiger partial charge in [0.15, 0.2) is 0 Å². The monoisotopic (exact) mass is 229 g/mol. The molecule has 0 spiro atoms. The van der Waals surface area contributed by atoms with E-state index in [2.05, 4.69) is 12.6 Å². The van der Waals surface area contributed by atoms with E-state index in [0.717, 1.165) is 17.4 Å². The third-order valence-electron chi connectivity index (χ3n) is 1.83. The van der Waals surface area contributed by atoms with Crippen LogP contribution in [-0.2, 0) is 0 Å². The molecule has 0 bridgehead atoms. The van der Waals surface area contributed by atoms with Crippen LogP contribution in [-0.4, -0.2) is 4.92 Å². The predicted octanol–water partition coefficient (Wildman–Crippen LogP) is 3.24. The molecular formula is C8H4FNO2S2. The second-order valence-corrected chi connectivity index (χ2v) is 4.05. The molecule has 0 amide bonds. The van der Waals surface area contributed by atoms with Gasteiger partial charge in [0.25, 0.3) is 5.69 Å². The molecule has 72 valence electrons. The lowest BCUT2D eigenvalue weighted by molar-refractivity contribution is -0.383. The Bertz CT molecular complexity index is 523. The van der Waals surface area contributed by atoms with Crippen LogP contribution in [0, 0.1) is 15.9 Å². The highest BCUT2D eigenvalue weighted by Gasteiger charge is 2.18. The van der Waals surface area contributed by atoms with Crippen LogP contribution >= 0.6 is 24.0 Å². The van der Waals surface area contributed by atoms with Crippen molar-refractivity contribution in [3.05, 3.63) is 33.4 Å². The van der Waals surface area contributed by atoms with Gasteiger partial charge in [0.2, 0.25) is 0 Å². The maximum absolute atomic E-state index is 13.4. The molecule has 0 N–H and O–H groups in total. The van der Waals surface area contributed by atoms with Crippen molar-refractivity contribution in [2.24, 2.45) is 0 Å². The highest BCUT2D eigenvalue weighted by Crippen LogP contribution is 2.35. The molecule has 14 heavy (non-hydrogen) atoms. The quantitative estimate of drug-likeness (QED) is 0.463. The van der Waals surface area contributed by atoms with Gasteiger partial charge in [-0.05, 0) is 11.4 Å². The average molecular weight is 229 g/mol. The Morgan fingerprint density at radius 1 is 1.57 bits per heavy atom. The first kappa shape index (κ1) is 9.42. The fourth-order valence-electron chi connectivity index (χ4n) is 1.21. The van der Waals surface area contributed by atoms with Gasteiger partial charge in [-0.15, -0.1) is 24.0 Å². The summed E-state index contributed by atoms with van der Waals surface area (Å²) in [4.78, 5) is 10.1. The van der Waals surface area contributed by atoms with E-state index in [1.54, 1.807) is 5.38 Å². The van der Waals surface area contributed by atoms with Gasteiger partial charge in [0, 0.05) is 16.3 Å². The summed E-state index contributed by atoms with van der Waals surface area (Å²) >= 11 is 4.99. The summed E-state index contributed by atoms with van der Waals surface area (Å²) in [6.07, 6.45) is 0. The van der Waals surface area contributed by atoms with Gasteiger partial charge < -0.3 is 0 Å². The Hall–Kier alpha value is -1.14. The number of nitro benzene ring substituents is 1. The number of halogens is 1. The summed E-state index contributed by atoms with van der Waals surface area (Å²) in [6.45, 7) is 0. The highest BCUT2D eigenvalue weighted by atomic mass is 32.1.